The summed E-state index contributed by atoms with van der Waals surface area (Å²) in [5.41, 5.74) is 2.25. The number of hydrogen-bond donors (Lipinski definition) is 1. The molecule has 0 aliphatic heterocycles. The number of nitrogens with one attached hydrogen (secondary N) is 1. The van der Waals surface area contributed by atoms with Crippen molar-refractivity contribution in [1.29, 1.82) is 0 Å². The topological polar surface area (TPSA) is 30.5 Å². The highest BCUT2D eigenvalue weighted by molar-refractivity contribution is 5.56. The highest BCUT2D eigenvalue weighted by atomic mass is 16.5. The Kier molecular flexibility index (Phi) is 8.02. The summed E-state index contributed by atoms with van der Waals surface area (Å²) >= 11 is 0. The Balaban J connectivity index is 1.79. The molecule has 0 atom stereocenters. The fraction of sp³-hybridized carbons (Fsp3) is 0.429. The first-order valence-corrected chi connectivity index (χ1v) is 9.01. The number of para-hydroxylation sites is 2. The lowest BCUT2D eigenvalue weighted by molar-refractivity contribution is 0.305. The zero-order valence-corrected chi connectivity index (χ0v) is 14.9. The summed E-state index contributed by atoms with van der Waals surface area (Å²) < 4.78 is 11.4. The molecule has 0 saturated heterocycles. The predicted octanol–water partition coefficient (Wildman–Crippen LogP) is 5.66. The van der Waals surface area contributed by atoms with E-state index in [-0.39, 0.29) is 0 Å². The van der Waals surface area contributed by atoms with E-state index in [1.807, 2.05) is 43.3 Å². The van der Waals surface area contributed by atoms with Crippen molar-refractivity contribution in [2.75, 3.05) is 18.5 Å². The van der Waals surface area contributed by atoms with Gasteiger partial charge in [-0.3, -0.25) is 0 Å². The third kappa shape index (κ3) is 6.15. The zero-order chi connectivity index (χ0) is 17.0. The molecule has 130 valence electrons. The molecule has 3 nitrogen and oxygen atoms in total. The second-order valence-electron chi connectivity index (χ2n) is 5.84. The summed E-state index contributed by atoms with van der Waals surface area (Å²) in [7, 11) is 0. The number of ether oxygens (including phenoxy) is 2. The maximum absolute atomic E-state index is 5.78. The molecule has 3 heteroatoms. The molecule has 1 N–H and O–H groups in total. The molecule has 0 unspecified atom stereocenters. The van der Waals surface area contributed by atoms with Gasteiger partial charge in [0.05, 0.1) is 18.9 Å². The molecule has 0 radical (unpaired) electrons. The fourth-order valence-corrected chi connectivity index (χ4v) is 2.51. The van der Waals surface area contributed by atoms with Crippen molar-refractivity contribution in [3.63, 3.8) is 0 Å². The summed E-state index contributed by atoms with van der Waals surface area (Å²) in [5.74, 6) is 1.84. The van der Waals surface area contributed by atoms with Gasteiger partial charge in [0.1, 0.15) is 11.5 Å². The van der Waals surface area contributed by atoms with Crippen molar-refractivity contribution < 1.29 is 9.47 Å². The van der Waals surface area contributed by atoms with Gasteiger partial charge in [0.15, 0.2) is 0 Å². The minimum Gasteiger partial charge on any atom is -0.494 e. The van der Waals surface area contributed by atoms with Crippen LogP contribution in [0.2, 0.25) is 0 Å². The highest BCUT2D eigenvalue weighted by Gasteiger charge is 2.02. The van der Waals surface area contributed by atoms with E-state index in [1.54, 1.807) is 0 Å². The van der Waals surface area contributed by atoms with Crippen LogP contribution in [0.3, 0.4) is 0 Å². The first kappa shape index (κ1) is 18.2. The van der Waals surface area contributed by atoms with Crippen LogP contribution >= 0.6 is 0 Å². The van der Waals surface area contributed by atoms with Gasteiger partial charge >= 0.3 is 0 Å². The minimum absolute atomic E-state index is 0.670. The lowest BCUT2D eigenvalue weighted by Crippen LogP contribution is -2.03. The van der Waals surface area contributed by atoms with Gasteiger partial charge in [-0.25, -0.2) is 0 Å². The van der Waals surface area contributed by atoms with Gasteiger partial charge < -0.3 is 14.8 Å². The van der Waals surface area contributed by atoms with Crippen LogP contribution < -0.4 is 14.8 Å². The second kappa shape index (κ2) is 10.6. The standard InChI is InChI=1S/C21H29NO2/c1-3-5-6-9-16-24-19-14-12-18(13-15-19)17-22-20-10-7-8-11-21(20)23-4-2/h7-8,10-15,22H,3-6,9,16-17H2,1-2H3. The normalized spacial score (nSPS) is 10.4. The maximum atomic E-state index is 5.78. The lowest BCUT2D eigenvalue weighted by atomic mass is 10.2. The average molecular weight is 327 g/mol. The summed E-state index contributed by atoms with van der Waals surface area (Å²) in [4.78, 5) is 0. The minimum atomic E-state index is 0.670. The first-order valence-electron chi connectivity index (χ1n) is 9.01. The van der Waals surface area contributed by atoms with Gasteiger partial charge in [0.2, 0.25) is 0 Å². The Morgan fingerprint density at radius 2 is 1.62 bits per heavy atom. The van der Waals surface area contributed by atoms with E-state index in [4.69, 9.17) is 9.47 Å². The molecule has 0 aromatic heterocycles. The highest BCUT2D eigenvalue weighted by Crippen LogP contribution is 2.24. The molecule has 0 fully saturated rings. The van der Waals surface area contributed by atoms with Crippen LogP contribution in [0.15, 0.2) is 48.5 Å². The second-order valence-corrected chi connectivity index (χ2v) is 5.84. The summed E-state index contributed by atoms with van der Waals surface area (Å²) in [6.45, 7) is 6.46. The van der Waals surface area contributed by atoms with E-state index in [1.165, 1.54) is 24.8 Å². The molecule has 2 aromatic carbocycles. The van der Waals surface area contributed by atoms with Gasteiger partial charge in [-0.2, -0.15) is 0 Å². The van der Waals surface area contributed by atoms with Crippen molar-refractivity contribution in [2.45, 2.75) is 46.1 Å². The Morgan fingerprint density at radius 3 is 2.38 bits per heavy atom. The van der Waals surface area contributed by atoms with E-state index >= 15 is 0 Å². The SMILES string of the molecule is CCCCCCOc1ccc(CNc2ccccc2OCC)cc1. The van der Waals surface area contributed by atoms with Crippen LogP contribution in [0.4, 0.5) is 5.69 Å². The predicted molar refractivity (Wildman–Crippen MR) is 101 cm³/mol. The van der Waals surface area contributed by atoms with Crippen LogP contribution in [-0.2, 0) is 6.54 Å². The third-order valence-electron chi connectivity index (χ3n) is 3.86. The van der Waals surface area contributed by atoms with E-state index in [9.17, 15) is 0 Å². The van der Waals surface area contributed by atoms with Gasteiger partial charge in [0, 0.05) is 6.54 Å². The maximum Gasteiger partial charge on any atom is 0.142 e. The molecule has 0 heterocycles. The zero-order valence-electron chi connectivity index (χ0n) is 14.9. The van der Waals surface area contributed by atoms with Crippen LogP contribution in [-0.4, -0.2) is 13.2 Å². The molecular formula is C21H29NO2. The molecule has 0 aliphatic carbocycles. The molecule has 0 saturated carbocycles. The Morgan fingerprint density at radius 1 is 0.833 bits per heavy atom. The first-order chi connectivity index (χ1) is 11.8. The number of anilines is 1. The summed E-state index contributed by atoms with van der Waals surface area (Å²) in [6, 6.07) is 16.3. The van der Waals surface area contributed by atoms with Gasteiger partial charge in [-0.1, -0.05) is 50.5 Å². The van der Waals surface area contributed by atoms with E-state index in [2.05, 4.69) is 24.4 Å². The van der Waals surface area contributed by atoms with Gasteiger partial charge in [0.25, 0.3) is 0 Å². The van der Waals surface area contributed by atoms with Crippen molar-refractivity contribution in [1.82, 2.24) is 0 Å². The Bertz CT molecular complexity index is 581. The molecule has 0 aliphatic rings. The van der Waals surface area contributed by atoms with Crippen LogP contribution in [0.5, 0.6) is 11.5 Å². The van der Waals surface area contributed by atoms with Crippen molar-refractivity contribution in [2.24, 2.45) is 0 Å². The molecule has 0 bridgehead atoms. The lowest BCUT2D eigenvalue weighted by Gasteiger charge is -2.12. The summed E-state index contributed by atoms with van der Waals surface area (Å²) in [6.07, 6.45) is 4.93. The molecule has 0 spiro atoms. The smallest absolute Gasteiger partial charge is 0.142 e. The quantitative estimate of drug-likeness (QED) is 0.540. The molecule has 0 amide bonds. The molecular weight excluding hydrogens is 298 g/mol. The van der Waals surface area contributed by atoms with Crippen molar-refractivity contribution in [3.8, 4) is 11.5 Å². The van der Waals surface area contributed by atoms with Crippen molar-refractivity contribution in [3.05, 3.63) is 54.1 Å². The third-order valence-corrected chi connectivity index (χ3v) is 3.86. The van der Waals surface area contributed by atoms with E-state index < -0.39 is 0 Å². The summed E-state index contributed by atoms with van der Waals surface area (Å²) in [5, 5.41) is 3.43. The number of hydrogen-bond acceptors (Lipinski definition) is 3. The number of benzene rings is 2. The largest absolute Gasteiger partial charge is 0.494 e. The van der Waals surface area contributed by atoms with E-state index in [0.717, 1.165) is 36.8 Å². The van der Waals surface area contributed by atoms with Crippen LogP contribution in [0.25, 0.3) is 0 Å². The average Bonchev–Trinajstić information content (AvgIpc) is 2.62. The van der Waals surface area contributed by atoms with Gasteiger partial charge in [-0.05, 0) is 43.2 Å². The monoisotopic (exact) mass is 327 g/mol. The van der Waals surface area contributed by atoms with Crippen LogP contribution in [0, 0.1) is 0 Å². The van der Waals surface area contributed by atoms with E-state index in [0.29, 0.717) is 6.61 Å². The Hall–Kier alpha value is -2.16. The number of unbranched alkanes of at least 4 members (excludes halogenated alkanes) is 3. The van der Waals surface area contributed by atoms with Gasteiger partial charge in [-0.15, -0.1) is 0 Å². The molecule has 24 heavy (non-hydrogen) atoms. The van der Waals surface area contributed by atoms with Crippen molar-refractivity contribution >= 4 is 5.69 Å². The molecule has 2 rings (SSSR count). The Labute approximate surface area is 146 Å². The molecule has 2 aromatic rings. The fourth-order valence-electron chi connectivity index (χ4n) is 2.51. The van der Waals surface area contributed by atoms with Crippen LogP contribution in [0.1, 0.15) is 45.1 Å². The number of rotatable bonds is 11.